The highest BCUT2D eigenvalue weighted by Gasteiger charge is 2.09. The summed E-state index contributed by atoms with van der Waals surface area (Å²) in [6.45, 7) is 3.82. The van der Waals surface area contributed by atoms with Crippen molar-refractivity contribution in [3.8, 4) is 0 Å². The van der Waals surface area contributed by atoms with Crippen molar-refractivity contribution in [2.75, 3.05) is 5.32 Å². The normalized spacial score (nSPS) is 11.2. The van der Waals surface area contributed by atoms with E-state index in [-0.39, 0.29) is 5.91 Å². The molecule has 0 saturated heterocycles. The molecule has 0 aliphatic rings. The first-order chi connectivity index (χ1) is 9.51. The van der Waals surface area contributed by atoms with Crippen LogP contribution in [-0.4, -0.2) is 25.9 Å². The molecule has 0 unspecified atom stereocenters. The number of hydrogen-bond donors (Lipinski definition) is 1. The van der Waals surface area contributed by atoms with E-state index in [4.69, 9.17) is 11.6 Å². The maximum Gasteiger partial charge on any atom is 0.250 e. The SMILES string of the molecule is CCc1nnc(NC(=O)/C=C/c2c(C)nn(C)c2Cl)s1. The molecule has 0 aromatic carbocycles. The minimum atomic E-state index is -0.275. The van der Waals surface area contributed by atoms with Gasteiger partial charge in [-0.2, -0.15) is 5.10 Å². The molecule has 0 fully saturated rings. The second-order valence-corrected chi connectivity index (χ2v) is 5.51. The summed E-state index contributed by atoms with van der Waals surface area (Å²) < 4.78 is 1.56. The molecule has 20 heavy (non-hydrogen) atoms. The average Bonchev–Trinajstić information content (AvgIpc) is 2.94. The van der Waals surface area contributed by atoms with Crippen LogP contribution >= 0.6 is 22.9 Å². The van der Waals surface area contributed by atoms with Crippen molar-refractivity contribution < 1.29 is 4.79 Å². The minimum Gasteiger partial charge on any atom is -0.297 e. The third kappa shape index (κ3) is 3.23. The van der Waals surface area contributed by atoms with E-state index in [1.165, 1.54) is 17.4 Å². The highest BCUT2D eigenvalue weighted by Crippen LogP contribution is 2.20. The Morgan fingerprint density at radius 1 is 1.50 bits per heavy atom. The Labute approximate surface area is 125 Å². The number of nitrogens with one attached hydrogen (secondary N) is 1. The molecule has 0 spiro atoms. The highest BCUT2D eigenvalue weighted by molar-refractivity contribution is 7.15. The van der Waals surface area contributed by atoms with Gasteiger partial charge in [0.05, 0.1) is 5.69 Å². The lowest BCUT2D eigenvalue weighted by atomic mass is 10.2. The van der Waals surface area contributed by atoms with Gasteiger partial charge >= 0.3 is 0 Å². The molecule has 1 N–H and O–H groups in total. The van der Waals surface area contributed by atoms with E-state index in [2.05, 4.69) is 20.6 Å². The number of carbonyl (C=O) groups is 1. The number of aryl methyl sites for hydroxylation is 3. The molecule has 0 aliphatic heterocycles. The van der Waals surface area contributed by atoms with E-state index in [0.717, 1.165) is 22.7 Å². The van der Waals surface area contributed by atoms with Crippen LogP contribution < -0.4 is 5.32 Å². The molecule has 106 valence electrons. The van der Waals surface area contributed by atoms with Crippen LogP contribution in [0.4, 0.5) is 5.13 Å². The first-order valence-corrected chi connectivity index (χ1v) is 7.21. The van der Waals surface area contributed by atoms with Gasteiger partial charge in [-0.25, -0.2) is 0 Å². The Balaban J connectivity index is 2.05. The van der Waals surface area contributed by atoms with Crippen LogP contribution in [0, 0.1) is 6.92 Å². The van der Waals surface area contributed by atoms with Crippen LogP contribution in [0.5, 0.6) is 0 Å². The number of nitrogens with zero attached hydrogens (tertiary/aromatic N) is 4. The summed E-state index contributed by atoms with van der Waals surface area (Å²) in [5, 5.41) is 16.5. The Morgan fingerprint density at radius 3 is 2.80 bits per heavy atom. The molecule has 0 saturated carbocycles. The molecule has 0 aliphatic carbocycles. The number of hydrogen-bond acceptors (Lipinski definition) is 5. The topological polar surface area (TPSA) is 72.7 Å². The molecule has 6 nitrogen and oxygen atoms in total. The maximum atomic E-state index is 11.8. The van der Waals surface area contributed by atoms with Gasteiger partial charge in [-0.3, -0.25) is 14.8 Å². The third-order valence-electron chi connectivity index (χ3n) is 2.60. The van der Waals surface area contributed by atoms with Crippen molar-refractivity contribution in [2.45, 2.75) is 20.3 Å². The summed E-state index contributed by atoms with van der Waals surface area (Å²) in [6, 6.07) is 0. The zero-order chi connectivity index (χ0) is 14.7. The maximum absolute atomic E-state index is 11.8. The number of halogens is 1. The number of rotatable bonds is 4. The van der Waals surface area contributed by atoms with Gasteiger partial charge in [0, 0.05) is 18.7 Å². The third-order valence-corrected chi connectivity index (χ3v) is 4.03. The highest BCUT2D eigenvalue weighted by atomic mass is 35.5. The van der Waals surface area contributed by atoms with Crippen LogP contribution in [-0.2, 0) is 18.3 Å². The standard InChI is InChI=1S/C12H14ClN5OS/c1-4-10-15-16-12(20-10)14-9(19)6-5-8-7(2)17-18(3)11(8)13/h5-6H,4H2,1-3H3,(H,14,16,19)/b6-5+. The van der Waals surface area contributed by atoms with Crippen molar-refractivity contribution in [1.29, 1.82) is 0 Å². The van der Waals surface area contributed by atoms with Crippen LogP contribution in [0.25, 0.3) is 6.08 Å². The molecule has 2 aromatic heterocycles. The molecule has 1 amide bonds. The van der Waals surface area contributed by atoms with Crippen molar-refractivity contribution >= 4 is 40.1 Å². The van der Waals surface area contributed by atoms with Crippen molar-refractivity contribution in [3.63, 3.8) is 0 Å². The second-order valence-electron chi connectivity index (χ2n) is 4.09. The van der Waals surface area contributed by atoms with Crippen molar-refractivity contribution in [3.05, 3.63) is 27.5 Å². The number of aromatic nitrogens is 4. The summed E-state index contributed by atoms with van der Waals surface area (Å²) in [5.41, 5.74) is 1.50. The lowest BCUT2D eigenvalue weighted by molar-refractivity contribution is -0.111. The smallest absolute Gasteiger partial charge is 0.250 e. The molecule has 0 bridgehead atoms. The van der Waals surface area contributed by atoms with Gasteiger partial charge in [-0.05, 0) is 19.4 Å². The largest absolute Gasteiger partial charge is 0.297 e. The predicted octanol–water partition coefficient (Wildman–Crippen LogP) is 2.45. The summed E-state index contributed by atoms with van der Waals surface area (Å²) in [5.74, 6) is -0.275. The van der Waals surface area contributed by atoms with E-state index in [1.807, 2.05) is 13.8 Å². The lowest BCUT2D eigenvalue weighted by Crippen LogP contribution is -2.07. The Kier molecular flexibility index (Phi) is 4.51. The summed E-state index contributed by atoms with van der Waals surface area (Å²) in [6.07, 6.45) is 3.85. The van der Waals surface area contributed by atoms with E-state index in [9.17, 15) is 4.79 Å². The van der Waals surface area contributed by atoms with Crippen LogP contribution in [0.2, 0.25) is 5.15 Å². The van der Waals surface area contributed by atoms with Crippen molar-refractivity contribution in [1.82, 2.24) is 20.0 Å². The summed E-state index contributed by atoms with van der Waals surface area (Å²) in [4.78, 5) is 11.8. The molecular weight excluding hydrogens is 298 g/mol. The summed E-state index contributed by atoms with van der Waals surface area (Å²) >= 11 is 7.44. The van der Waals surface area contributed by atoms with E-state index >= 15 is 0 Å². The van der Waals surface area contributed by atoms with Gasteiger partial charge in [0.25, 0.3) is 0 Å². The predicted molar refractivity (Wildman–Crippen MR) is 79.9 cm³/mol. The zero-order valence-electron chi connectivity index (χ0n) is 11.3. The molecule has 2 heterocycles. The van der Waals surface area contributed by atoms with Gasteiger partial charge in [0.2, 0.25) is 11.0 Å². The van der Waals surface area contributed by atoms with E-state index < -0.39 is 0 Å². The van der Waals surface area contributed by atoms with Gasteiger partial charge in [-0.15, -0.1) is 10.2 Å². The fourth-order valence-corrected chi connectivity index (χ4v) is 2.51. The molecule has 2 aromatic rings. The fraction of sp³-hybridized carbons (Fsp3) is 0.333. The molecule has 0 atom stereocenters. The van der Waals surface area contributed by atoms with Gasteiger partial charge in [-0.1, -0.05) is 29.9 Å². The average molecular weight is 312 g/mol. The Bertz CT molecular complexity index is 661. The quantitative estimate of drug-likeness (QED) is 0.880. The first kappa shape index (κ1) is 14.7. The number of carbonyl (C=O) groups excluding carboxylic acids is 1. The summed E-state index contributed by atoms with van der Waals surface area (Å²) in [7, 11) is 1.75. The fourth-order valence-electron chi connectivity index (χ4n) is 1.59. The molecular formula is C12H14ClN5OS. The number of amides is 1. The van der Waals surface area contributed by atoms with Crippen LogP contribution in [0.15, 0.2) is 6.08 Å². The monoisotopic (exact) mass is 311 g/mol. The molecule has 0 radical (unpaired) electrons. The van der Waals surface area contributed by atoms with E-state index in [0.29, 0.717) is 10.3 Å². The lowest BCUT2D eigenvalue weighted by Gasteiger charge is -1.95. The van der Waals surface area contributed by atoms with Gasteiger partial charge in [0.15, 0.2) is 0 Å². The van der Waals surface area contributed by atoms with Crippen LogP contribution in [0.3, 0.4) is 0 Å². The second kappa shape index (κ2) is 6.15. The first-order valence-electron chi connectivity index (χ1n) is 6.01. The van der Waals surface area contributed by atoms with Crippen LogP contribution in [0.1, 0.15) is 23.2 Å². The van der Waals surface area contributed by atoms with Gasteiger partial charge in [0.1, 0.15) is 10.2 Å². The number of anilines is 1. The Hall–Kier alpha value is -1.73. The van der Waals surface area contributed by atoms with Crippen molar-refractivity contribution in [2.24, 2.45) is 7.05 Å². The van der Waals surface area contributed by atoms with Gasteiger partial charge < -0.3 is 0 Å². The van der Waals surface area contributed by atoms with E-state index in [1.54, 1.807) is 17.8 Å². The molecule has 8 heteroatoms. The Morgan fingerprint density at radius 2 is 2.25 bits per heavy atom. The minimum absolute atomic E-state index is 0.275. The zero-order valence-corrected chi connectivity index (χ0v) is 12.9. The molecule has 2 rings (SSSR count).